The monoisotopic (exact) mass is 211 g/mol. The zero-order valence-electron chi connectivity index (χ0n) is 7.99. The van der Waals surface area contributed by atoms with Gasteiger partial charge in [0.1, 0.15) is 0 Å². The molecule has 1 amide bonds. The van der Waals surface area contributed by atoms with Gasteiger partial charge in [-0.1, -0.05) is 0 Å². The molecule has 0 radical (unpaired) electrons. The van der Waals surface area contributed by atoms with Crippen LogP contribution < -0.4 is 5.32 Å². The molecule has 0 fully saturated rings. The van der Waals surface area contributed by atoms with Gasteiger partial charge in [-0.25, -0.2) is 0 Å². The van der Waals surface area contributed by atoms with Crippen LogP contribution >= 0.6 is 11.3 Å². The molecule has 0 aliphatic carbocycles. The minimum absolute atomic E-state index is 0.0301. The topological polar surface area (TPSA) is 49.3 Å². The van der Waals surface area contributed by atoms with E-state index in [0.29, 0.717) is 6.54 Å². The lowest BCUT2D eigenvalue weighted by Gasteiger charge is -1.96. The fourth-order valence-corrected chi connectivity index (χ4v) is 1.76. The summed E-state index contributed by atoms with van der Waals surface area (Å²) in [5.74, 6) is -0.174. The summed E-state index contributed by atoms with van der Waals surface area (Å²) in [7, 11) is 0. The van der Waals surface area contributed by atoms with Crippen LogP contribution in [0, 0.1) is 6.92 Å². The van der Waals surface area contributed by atoms with E-state index in [9.17, 15) is 4.79 Å². The Morgan fingerprint density at radius 1 is 1.71 bits per heavy atom. The number of carbonyl (C=O) groups is 1. The highest BCUT2D eigenvalue weighted by Crippen LogP contribution is 2.16. The van der Waals surface area contributed by atoms with Crippen LogP contribution in [0.4, 0.5) is 0 Å². The van der Waals surface area contributed by atoms with Crippen molar-refractivity contribution < 1.29 is 9.90 Å². The Hall–Kier alpha value is -1.13. The predicted octanol–water partition coefficient (Wildman–Crippen LogP) is 1.18. The summed E-state index contributed by atoms with van der Waals surface area (Å²) in [6, 6.07) is 2.01. The summed E-state index contributed by atoms with van der Waals surface area (Å²) < 4.78 is 0. The molecule has 76 valence electrons. The standard InChI is InChI=1S/C10H13NO2S/c1-8-4-7-14-9(8)2-3-10(13)11-5-6-12/h2-4,7,12H,5-6H2,1H3,(H,11,13)/b3-2+. The highest BCUT2D eigenvalue weighted by Gasteiger charge is 1.96. The van der Waals surface area contributed by atoms with Crippen LogP contribution in [-0.4, -0.2) is 24.2 Å². The van der Waals surface area contributed by atoms with Gasteiger partial charge in [0.2, 0.25) is 5.91 Å². The average molecular weight is 211 g/mol. The number of carbonyl (C=O) groups excluding carboxylic acids is 1. The van der Waals surface area contributed by atoms with E-state index in [1.807, 2.05) is 18.4 Å². The Labute approximate surface area is 87.1 Å². The van der Waals surface area contributed by atoms with Gasteiger partial charge in [-0.3, -0.25) is 4.79 Å². The molecule has 0 spiro atoms. The van der Waals surface area contributed by atoms with E-state index in [0.717, 1.165) is 4.88 Å². The van der Waals surface area contributed by atoms with Gasteiger partial charge in [0, 0.05) is 17.5 Å². The Balaban J connectivity index is 2.48. The molecule has 1 aromatic heterocycles. The average Bonchev–Trinajstić information content (AvgIpc) is 2.58. The van der Waals surface area contributed by atoms with E-state index in [-0.39, 0.29) is 12.5 Å². The smallest absolute Gasteiger partial charge is 0.244 e. The maximum atomic E-state index is 11.1. The van der Waals surface area contributed by atoms with Crippen molar-refractivity contribution in [2.24, 2.45) is 0 Å². The van der Waals surface area contributed by atoms with Gasteiger partial charge in [0.15, 0.2) is 0 Å². The van der Waals surface area contributed by atoms with E-state index in [4.69, 9.17) is 5.11 Å². The maximum Gasteiger partial charge on any atom is 0.244 e. The number of thiophene rings is 1. The van der Waals surface area contributed by atoms with Gasteiger partial charge in [-0.2, -0.15) is 0 Å². The van der Waals surface area contributed by atoms with Crippen molar-refractivity contribution >= 4 is 23.3 Å². The van der Waals surface area contributed by atoms with Crippen LogP contribution in [0.25, 0.3) is 6.08 Å². The number of nitrogens with one attached hydrogen (secondary N) is 1. The fourth-order valence-electron chi connectivity index (χ4n) is 0.945. The molecule has 0 aliphatic rings. The van der Waals surface area contributed by atoms with Crippen LogP contribution in [0.15, 0.2) is 17.5 Å². The Kier molecular flexibility index (Phi) is 4.35. The second kappa shape index (κ2) is 5.57. The van der Waals surface area contributed by atoms with E-state index in [1.54, 1.807) is 17.4 Å². The highest BCUT2D eigenvalue weighted by molar-refractivity contribution is 7.11. The Morgan fingerprint density at radius 2 is 2.50 bits per heavy atom. The summed E-state index contributed by atoms with van der Waals surface area (Å²) in [4.78, 5) is 12.2. The lowest BCUT2D eigenvalue weighted by atomic mass is 10.3. The number of aliphatic hydroxyl groups is 1. The lowest BCUT2D eigenvalue weighted by Crippen LogP contribution is -2.24. The molecule has 0 saturated carbocycles. The maximum absolute atomic E-state index is 11.1. The van der Waals surface area contributed by atoms with E-state index in [1.165, 1.54) is 11.6 Å². The fraction of sp³-hybridized carbons (Fsp3) is 0.300. The van der Waals surface area contributed by atoms with Crippen molar-refractivity contribution in [1.82, 2.24) is 5.32 Å². The Morgan fingerprint density at radius 3 is 3.07 bits per heavy atom. The second-order valence-corrected chi connectivity index (χ2v) is 3.76. The molecular formula is C10H13NO2S. The summed E-state index contributed by atoms with van der Waals surface area (Å²) in [5, 5.41) is 13.0. The molecule has 14 heavy (non-hydrogen) atoms. The molecule has 1 heterocycles. The number of aryl methyl sites for hydroxylation is 1. The van der Waals surface area contributed by atoms with Crippen LogP contribution in [-0.2, 0) is 4.79 Å². The van der Waals surface area contributed by atoms with E-state index < -0.39 is 0 Å². The first-order valence-corrected chi connectivity index (χ1v) is 5.23. The molecular weight excluding hydrogens is 198 g/mol. The van der Waals surface area contributed by atoms with Crippen LogP contribution in [0.3, 0.4) is 0 Å². The van der Waals surface area contributed by atoms with Gasteiger partial charge >= 0.3 is 0 Å². The molecule has 0 bridgehead atoms. The van der Waals surface area contributed by atoms with Crippen molar-refractivity contribution in [3.05, 3.63) is 28.0 Å². The zero-order chi connectivity index (χ0) is 10.4. The molecule has 0 aromatic carbocycles. The summed E-state index contributed by atoms with van der Waals surface area (Å²) in [5.41, 5.74) is 1.17. The molecule has 3 nitrogen and oxygen atoms in total. The number of rotatable bonds is 4. The van der Waals surface area contributed by atoms with Crippen molar-refractivity contribution in [2.75, 3.05) is 13.2 Å². The first kappa shape index (κ1) is 10.9. The van der Waals surface area contributed by atoms with Gasteiger partial charge in [-0.05, 0) is 30.0 Å². The summed E-state index contributed by atoms with van der Waals surface area (Å²) >= 11 is 1.60. The van der Waals surface area contributed by atoms with Crippen molar-refractivity contribution in [3.63, 3.8) is 0 Å². The molecule has 1 rings (SSSR count). The van der Waals surface area contributed by atoms with Gasteiger partial charge in [-0.15, -0.1) is 11.3 Å². The number of hydrogen-bond donors (Lipinski definition) is 2. The van der Waals surface area contributed by atoms with Crippen LogP contribution in [0.1, 0.15) is 10.4 Å². The predicted molar refractivity (Wildman–Crippen MR) is 58.2 cm³/mol. The van der Waals surface area contributed by atoms with Crippen molar-refractivity contribution in [3.8, 4) is 0 Å². The molecule has 0 saturated heterocycles. The second-order valence-electron chi connectivity index (χ2n) is 2.82. The normalized spacial score (nSPS) is 10.7. The van der Waals surface area contributed by atoms with Gasteiger partial charge in [0.05, 0.1) is 6.61 Å². The van der Waals surface area contributed by atoms with Crippen molar-refractivity contribution in [1.29, 1.82) is 0 Å². The molecule has 0 aliphatic heterocycles. The molecule has 0 unspecified atom stereocenters. The third-order valence-electron chi connectivity index (χ3n) is 1.70. The third kappa shape index (κ3) is 3.32. The van der Waals surface area contributed by atoms with Gasteiger partial charge < -0.3 is 10.4 Å². The molecule has 2 N–H and O–H groups in total. The summed E-state index contributed by atoms with van der Waals surface area (Å²) in [6.45, 7) is 2.27. The number of amides is 1. The largest absolute Gasteiger partial charge is 0.395 e. The molecule has 0 atom stereocenters. The molecule has 4 heteroatoms. The number of aliphatic hydroxyl groups excluding tert-OH is 1. The first-order valence-electron chi connectivity index (χ1n) is 4.35. The zero-order valence-corrected chi connectivity index (χ0v) is 8.80. The summed E-state index contributed by atoms with van der Waals surface area (Å²) in [6.07, 6.45) is 3.27. The minimum atomic E-state index is -0.174. The van der Waals surface area contributed by atoms with Crippen molar-refractivity contribution in [2.45, 2.75) is 6.92 Å². The molecule has 1 aromatic rings. The van der Waals surface area contributed by atoms with Gasteiger partial charge in [0.25, 0.3) is 0 Å². The SMILES string of the molecule is Cc1ccsc1/C=C/C(=O)NCCO. The highest BCUT2D eigenvalue weighted by atomic mass is 32.1. The quantitative estimate of drug-likeness (QED) is 0.735. The minimum Gasteiger partial charge on any atom is -0.395 e. The van der Waals surface area contributed by atoms with Crippen LogP contribution in [0.2, 0.25) is 0 Å². The number of hydrogen-bond acceptors (Lipinski definition) is 3. The Bertz CT molecular complexity index is 331. The first-order chi connectivity index (χ1) is 6.74. The van der Waals surface area contributed by atoms with Crippen LogP contribution in [0.5, 0.6) is 0 Å². The third-order valence-corrected chi connectivity index (χ3v) is 2.68. The lowest BCUT2D eigenvalue weighted by molar-refractivity contribution is -0.116. The van der Waals surface area contributed by atoms with E-state index >= 15 is 0 Å². The van der Waals surface area contributed by atoms with E-state index in [2.05, 4.69) is 5.32 Å².